The maximum Gasteiger partial charge on any atom is 0.235 e. The van der Waals surface area contributed by atoms with Gasteiger partial charge in [-0.2, -0.15) is 5.26 Å². The molecule has 2 N–H and O–H groups in total. The predicted molar refractivity (Wildman–Crippen MR) is 60.8 cm³/mol. The SMILES string of the molecule is CCCCC(CC)C(C)C(C#N)C(N)=O. The minimum Gasteiger partial charge on any atom is -0.369 e. The largest absolute Gasteiger partial charge is 0.369 e. The van der Waals surface area contributed by atoms with Crippen LogP contribution in [-0.2, 0) is 4.79 Å². The molecule has 0 bridgehead atoms. The summed E-state index contributed by atoms with van der Waals surface area (Å²) in [5.41, 5.74) is 5.21. The van der Waals surface area contributed by atoms with E-state index in [0.29, 0.717) is 5.92 Å². The first kappa shape index (κ1) is 14.0. The Labute approximate surface area is 92.6 Å². The lowest BCUT2D eigenvalue weighted by molar-refractivity contribution is -0.122. The number of amides is 1. The summed E-state index contributed by atoms with van der Waals surface area (Å²) in [6.45, 7) is 6.21. The van der Waals surface area contributed by atoms with Gasteiger partial charge in [-0.15, -0.1) is 0 Å². The number of rotatable bonds is 7. The summed E-state index contributed by atoms with van der Waals surface area (Å²) in [5, 5.41) is 8.89. The van der Waals surface area contributed by atoms with Gasteiger partial charge in [0.1, 0.15) is 5.92 Å². The molecule has 0 rings (SSSR count). The van der Waals surface area contributed by atoms with Gasteiger partial charge in [0.25, 0.3) is 0 Å². The zero-order chi connectivity index (χ0) is 11.8. The van der Waals surface area contributed by atoms with Crippen molar-refractivity contribution >= 4 is 5.91 Å². The van der Waals surface area contributed by atoms with Crippen molar-refractivity contribution in [3.8, 4) is 6.07 Å². The van der Waals surface area contributed by atoms with Crippen LogP contribution in [0.5, 0.6) is 0 Å². The third-order valence-corrected chi connectivity index (χ3v) is 3.17. The number of primary amides is 1. The standard InChI is InChI=1S/C12H22N2O/c1-4-6-7-10(5-2)9(3)11(8-13)12(14)15/h9-11H,4-7H2,1-3H3,(H2,14,15). The van der Waals surface area contributed by atoms with E-state index in [-0.39, 0.29) is 5.92 Å². The molecule has 0 fully saturated rings. The summed E-state index contributed by atoms with van der Waals surface area (Å²) in [6.07, 6.45) is 4.39. The molecule has 0 spiro atoms. The average Bonchev–Trinajstić information content (AvgIpc) is 2.19. The summed E-state index contributed by atoms with van der Waals surface area (Å²) in [6, 6.07) is 2.02. The highest BCUT2D eigenvalue weighted by atomic mass is 16.1. The van der Waals surface area contributed by atoms with Crippen molar-refractivity contribution in [1.29, 1.82) is 5.26 Å². The van der Waals surface area contributed by atoms with E-state index in [2.05, 4.69) is 13.8 Å². The second-order valence-corrected chi connectivity index (χ2v) is 4.18. The summed E-state index contributed by atoms with van der Waals surface area (Å²) in [4.78, 5) is 11.1. The van der Waals surface area contributed by atoms with Crippen molar-refractivity contribution in [3.63, 3.8) is 0 Å². The smallest absolute Gasteiger partial charge is 0.235 e. The van der Waals surface area contributed by atoms with Gasteiger partial charge in [-0.1, -0.05) is 46.5 Å². The predicted octanol–water partition coefficient (Wildman–Crippen LogP) is 2.46. The number of nitrogens with two attached hydrogens (primary N) is 1. The van der Waals surface area contributed by atoms with Crippen LogP contribution in [0.2, 0.25) is 0 Å². The number of carbonyl (C=O) groups excluding carboxylic acids is 1. The van der Waals surface area contributed by atoms with E-state index in [1.807, 2.05) is 13.0 Å². The van der Waals surface area contributed by atoms with Gasteiger partial charge in [0, 0.05) is 0 Å². The van der Waals surface area contributed by atoms with Crippen LogP contribution in [-0.4, -0.2) is 5.91 Å². The van der Waals surface area contributed by atoms with E-state index < -0.39 is 11.8 Å². The maximum absolute atomic E-state index is 11.1. The van der Waals surface area contributed by atoms with E-state index in [0.717, 1.165) is 25.7 Å². The molecule has 1 amide bonds. The highest BCUT2D eigenvalue weighted by molar-refractivity contribution is 5.79. The van der Waals surface area contributed by atoms with Gasteiger partial charge in [-0.05, 0) is 11.8 Å². The van der Waals surface area contributed by atoms with Crippen LogP contribution in [0, 0.1) is 29.1 Å². The third-order valence-electron chi connectivity index (χ3n) is 3.17. The van der Waals surface area contributed by atoms with E-state index in [1.165, 1.54) is 0 Å². The summed E-state index contributed by atoms with van der Waals surface area (Å²) >= 11 is 0. The fourth-order valence-corrected chi connectivity index (χ4v) is 2.02. The molecule has 3 nitrogen and oxygen atoms in total. The topological polar surface area (TPSA) is 66.9 Å². The van der Waals surface area contributed by atoms with E-state index in [1.54, 1.807) is 0 Å². The Kier molecular flexibility index (Phi) is 6.77. The van der Waals surface area contributed by atoms with E-state index >= 15 is 0 Å². The number of unbranched alkanes of at least 4 members (excludes halogenated alkanes) is 1. The van der Waals surface area contributed by atoms with Crippen LogP contribution in [0.1, 0.15) is 46.5 Å². The zero-order valence-corrected chi connectivity index (χ0v) is 9.99. The van der Waals surface area contributed by atoms with Crippen molar-refractivity contribution in [2.24, 2.45) is 23.5 Å². The Morgan fingerprint density at radius 1 is 1.47 bits per heavy atom. The van der Waals surface area contributed by atoms with Gasteiger partial charge in [0.15, 0.2) is 0 Å². The molecule has 0 aliphatic rings. The molecule has 0 aliphatic carbocycles. The lowest BCUT2D eigenvalue weighted by Gasteiger charge is -2.24. The van der Waals surface area contributed by atoms with Crippen LogP contribution in [0.25, 0.3) is 0 Å². The van der Waals surface area contributed by atoms with Gasteiger partial charge in [0.05, 0.1) is 6.07 Å². The Bertz CT molecular complexity index is 232. The van der Waals surface area contributed by atoms with Crippen LogP contribution in [0.15, 0.2) is 0 Å². The van der Waals surface area contributed by atoms with Crippen LogP contribution < -0.4 is 5.73 Å². The molecule has 3 unspecified atom stereocenters. The molecule has 0 aromatic rings. The van der Waals surface area contributed by atoms with Gasteiger partial charge in [0.2, 0.25) is 5.91 Å². The Morgan fingerprint density at radius 3 is 2.40 bits per heavy atom. The summed E-state index contributed by atoms with van der Waals surface area (Å²) in [7, 11) is 0. The van der Waals surface area contributed by atoms with Crippen molar-refractivity contribution in [3.05, 3.63) is 0 Å². The first-order valence-electron chi connectivity index (χ1n) is 5.77. The summed E-state index contributed by atoms with van der Waals surface area (Å²) in [5.74, 6) is -0.613. The molecule has 0 heterocycles. The van der Waals surface area contributed by atoms with E-state index in [4.69, 9.17) is 11.0 Å². The van der Waals surface area contributed by atoms with Gasteiger partial charge in [-0.3, -0.25) is 4.79 Å². The number of hydrogen-bond acceptors (Lipinski definition) is 2. The number of carbonyl (C=O) groups is 1. The van der Waals surface area contributed by atoms with Crippen molar-refractivity contribution in [1.82, 2.24) is 0 Å². The Hall–Kier alpha value is -1.04. The molecule has 0 aromatic heterocycles. The minimum absolute atomic E-state index is 0.0732. The Morgan fingerprint density at radius 2 is 2.07 bits per heavy atom. The normalized spacial score (nSPS) is 16.4. The zero-order valence-electron chi connectivity index (χ0n) is 9.99. The van der Waals surface area contributed by atoms with Crippen LogP contribution in [0.3, 0.4) is 0 Å². The highest BCUT2D eigenvalue weighted by Crippen LogP contribution is 2.27. The molecular weight excluding hydrogens is 188 g/mol. The van der Waals surface area contributed by atoms with E-state index in [9.17, 15) is 4.79 Å². The summed E-state index contributed by atoms with van der Waals surface area (Å²) < 4.78 is 0. The van der Waals surface area contributed by atoms with Gasteiger partial charge < -0.3 is 5.73 Å². The van der Waals surface area contributed by atoms with Gasteiger partial charge >= 0.3 is 0 Å². The lowest BCUT2D eigenvalue weighted by Crippen LogP contribution is -2.31. The van der Waals surface area contributed by atoms with Crippen LogP contribution in [0.4, 0.5) is 0 Å². The third kappa shape index (κ3) is 4.33. The first-order valence-corrected chi connectivity index (χ1v) is 5.77. The number of hydrogen-bond donors (Lipinski definition) is 1. The van der Waals surface area contributed by atoms with Crippen LogP contribution >= 0.6 is 0 Å². The van der Waals surface area contributed by atoms with Crippen molar-refractivity contribution < 1.29 is 4.79 Å². The molecule has 0 radical (unpaired) electrons. The fraction of sp³-hybridized carbons (Fsp3) is 0.833. The monoisotopic (exact) mass is 210 g/mol. The molecule has 0 saturated heterocycles. The lowest BCUT2D eigenvalue weighted by atomic mass is 9.79. The maximum atomic E-state index is 11.1. The Balaban J connectivity index is 4.41. The molecule has 3 heteroatoms. The minimum atomic E-state index is -0.633. The molecule has 15 heavy (non-hydrogen) atoms. The highest BCUT2D eigenvalue weighted by Gasteiger charge is 2.28. The fourth-order valence-electron chi connectivity index (χ4n) is 2.02. The second-order valence-electron chi connectivity index (χ2n) is 4.18. The van der Waals surface area contributed by atoms with Gasteiger partial charge in [-0.25, -0.2) is 0 Å². The molecule has 86 valence electrons. The number of nitriles is 1. The molecule has 0 aliphatic heterocycles. The molecule has 0 aromatic carbocycles. The van der Waals surface area contributed by atoms with Crippen molar-refractivity contribution in [2.75, 3.05) is 0 Å². The molecule has 3 atom stereocenters. The second kappa shape index (κ2) is 7.28. The van der Waals surface area contributed by atoms with Crippen molar-refractivity contribution in [2.45, 2.75) is 46.5 Å². The molecular formula is C12H22N2O. The first-order chi connectivity index (χ1) is 7.08. The number of nitrogens with zero attached hydrogens (tertiary/aromatic N) is 1. The molecule has 0 saturated carbocycles. The average molecular weight is 210 g/mol. The quantitative estimate of drug-likeness (QED) is 0.701.